The van der Waals surface area contributed by atoms with E-state index in [2.05, 4.69) is 65.6 Å². The lowest BCUT2D eigenvalue weighted by atomic mass is 10.1. The second-order valence-corrected chi connectivity index (χ2v) is 8.08. The Balaban J connectivity index is 1.72. The topological polar surface area (TPSA) is 58.1 Å². The third-order valence-corrected chi connectivity index (χ3v) is 5.72. The van der Waals surface area contributed by atoms with Gasteiger partial charge in [-0.15, -0.1) is 0 Å². The molecule has 1 atom stereocenters. The van der Waals surface area contributed by atoms with Crippen molar-refractivity contribution in [3.05, 3.63) is 35.4 Å². The van der Waals surface area contributed by atoms with E-state index < -0.39 is 0 Å². The van der Waals surface area contributed by atoms with E-state index in [1.165, 1.54) is 17.5 Å². The highest BCUT2D eigenvalue weighted by molar-refractivity contribution is 5.79. The lowest BCUT2D eigenvalue weighted by molar-refractivity contribution is -0.0390. The summed E-state index contributed by atoms with van der Waals surface area (Å²) in [6, 6.07) is 8.99. The van der Waals surface area contributed by atoms with Crippen molar-refractivity contribution in [3.8, 4) is 0 Å². The van der Waals surface area contributed by atoms with Gasteiger partial charge in [0.15, 0.2) is 5.96 Å². The first kappa shape index (κ1) is 24.6. The summed E-state index contributed by atoms with van der Waals surface area (Å²) in [4.78, 5) is 6.86. The molecule has 1 heterocycles. The number of hydrogen-bond donors (Lipinski definition) is 2. The van der Waals surface area contributed by atoms with Crippen molar-refractivity contribution in [1.29, 1.82) is 0 Å². The molecular weight excluding hydrogens is 376 g/mol. The van der Waals surface area contributed by atoms with E-state index in [1.54, 1.807) is 0 Å². The van der Waals surface area contributed by atoms with Gasteiger partial charge in [-0.1, -0.05) is 38.1 Å². The van der Waals surface area contributed by atoms with Crippen LogP contribution in [0.4, 0.5) is 0 Å². The van der Waals surface area contributed by atoms with Crippen LogP contribution in [-0.4, -0.2) is 62.9 Å². The van der Waals surface area contributed by atoms with Crippen LogP contribution < -0.4 is 10.6 Å². The summed E-state index contributed by atoms with van der Waals surface area (Å²) in [7, 11) is 1.83. The molecule has 6 heteroatoms. The number of benzene rings is 1. The molecule has 0 bridgehead atoms. The summed E-state index contributed by atoms with van der Waals surface area (Å²) in [6.07, 6.45) is 4.65. The second kappa shape index (κ2) is 14.4. The molecule has 1 unspecified atom stereocenters. The first-order valence-corrected chi connectivity index (χ1v) is 11.6. The highest BCUT2D eigenvalue weighted by Crippen LogP contribution is 2.14. The standard InChI is InChI=1S/C24H42N4O2/c1-5-28(6-2)14-8-9-20(3)27-24(25-4)26-18-21-10-7-11-22(17-21)19-30-23-12-15-29-16-13-23/h7,10-11,17,20,23H,5-6,8-9,12-16,18-19H2,1-4H3,(H2,25,26,27). The highest BCUT2D eigenvalue weighted by Gasteiger charge is 2.14. The number of nitrogens with one attached hydrogen (secondary N) is 2. The van der Waals surface area contributed by atoms with Crippen LogP contribution in [0.25, 0.3) is 0 Å². The van der Waals surface area contributed by atoms with Gasteiger partial charge in [-0.05, 0) is 63.4 Å². The Morgan fingerprint density at radius 1 is 1.23 bits per heavy atom. The molecule has 0 aliphatic carbocycles. The minimum absolute atomic E-state index is 0.326. The van der Waals surface area contributed by atoms with Gasteiger partial charge in [0.25, 0.3) is 0 Å². The zero-order chi connectivity index (χ0) is 21.6. The van der Waals surface area contributed by atoms with E-state index in [9.17, 15) is 0 Å². The molecule has 170 valence electrons. The van der Waals surface area contributed by atoms with E-state index in [1.807, 2.05) is 7.05 Å². The predicted octanol–water partition coefficient (Wildman–Crippen LogP) is 3.56. The molecule has 2 rings (SSSR count). The fourth-order valence-electron chi connectivity index (χ4n) is 3.73. The van der Waals surface area contributed by atoms with Gasteiger partial charge in [-0.25, -0.2) is 0 Å². The summed E-state index contributed by atoms with van der Waals surface area (Å²) in [5.74, 6) is 0.856. The largest absolute Gasteiger partial charge is 0.381 e. The molecule has 1 fully saturated rings. The molecule has 2 N–H and O–H groups in total. The normalized spacial score (nSPS) is 16.6. The minimum Gasteiger partial charge on any atom is -0.381 e. The molecule has 30 heavy (non-hydrogen) atoms. The van der Waals surface area contributed by atoms with Crippen LogP contribution in [0.2, 0.25) is 0 Å². The summed E-state index contributed by atoms with van der Waals surface area (Å²) in [5.41, 5.74) is 2.45. The quantitative estimate of drug-likeness (QED) is 0.402. The number of guanidine groups is 1. The Kier molecular flexibility index (Phi) is 11.8. The van der Waals surface area contributed by atoms with Crippen LogP contribution in [0.5, 0.6) is 0 Å². The molecule has 6 nitrogen and oxygen atoms in total. The monoisotopic (exact) mass is 418 g/mol. The van der Waals surface area contributed by atoms with Crippen LogP contribution in [0, 0.1) is 0 Å². The number of ether oxygens (including phenoxy) is 2. The maximum Gasteiger partial charge on any atom is 0.191 e. The average Bonchev–Trinajstić information content (AvgIpc) is 2.79. The lowest BCUT2D eigenvalue weighted by Crippen LogP contribution is -2.42. The second-order valence-electron chi connectivity index (χ2n) is 8.08. The van der Waals surface area contributed by atoms with Crippen molar-refractivity contribution in [2.45, 2.75) is 71.8 Å². The molecule has 1 aliphatic rings. The van der Waals surface area contributed by atoms with Crippen LogP contribution in [0.15, 0.2) is 29.3 Å². The smallest absolute Gasteiger partial charge is 0.191 e. The summed E-state index contributed by atoms with van der Waals surface area (Å²) in [6.45, 7) is 13.1. The summed E-state index contributed by atoms with van der Waals surface area (Å²) < 4.78 is 11.5. The van der Waals surface area contributed by atoms with E-state index in [0.717, 1.165) is 64.6 Å². The molecule has 1 saturated heterocycles. The highest BCUT2D eigenvalue weighted by atomic mass is 16.5. The maximum atomic E-state index is 6.05. The van der Waals surface area contributed by atoms with Gasteiger partial charge in [0.1, 0.15) is 0 Å². The van der Waals surface area contributed by atoms with Crippen molar-refractivity contribution in [1.82, 2.24) is 15.5 Å². The lowest BCUT2D eigenvalue weighted by Gasteiger charge is -2.22. The Labute approximate surface area is 183 Å². The van der Waals surface area contributed by atoms with Crippen LogP contribution in [0.1, 0.15) is 57.6 Å². The number of aliphatic imine (C=N–C) groups is 1. The Morgan fingerprint density at radius 3 is 2.67 bits per heavy atom. The zero-order valence-corrected chi connectivity index (χ0v) is 19.5. The molecule has 0 spiro atoms. The predicted molar refractivity (Wildman–Crippen MR) is 125 cm³/mol. The molecule has 0 amide bonds. The molecule has 0 aromatic heterocycles. The fourth-order valence-corrected chi connectivity index (χ4v) is 3.73. The first-order valence-electron chi connectivity index (χ1n) is 11.6. The molecule has 0 radical (unpaired) electrons. The third kappa shape index (κ3) is 9.45. The van der Waals surface area contributed by atoms with Gasteiger partial charge in [0.05, 0.1) is 12.7 Å². The van der Waals surface area contributed by atoms with Gasteiger partial charge in [0.2, 0.25) is 0 Å². The first-order chi connectivity index (χ1) is 14.6. The number of nitrogens with zero attached hydrogens (tertiary/aromatic N) is 2. The third-order valence-electron chi connectivity index (χ3n) is 5.72. The Hall–Kier alpha value is -1.63. The van der Waals surface area contributed by atoms with Gasteiger partial charge in [0, 0.05) is 32.8 Å². The van der Waals surface area contributed by atoms with Crippen molar-refractivity contribution in [2.75, 3.05) is 39.9 Å². The van der Waals surface area contributed by atoms with Crippen LogP contribution in [-0.2, 0) is 22.6 Å². The molecule has 1 aromatic carbocycles. The van der Waals surface area contributed by atoms with Crippen LogP contribution in [0.3, 0.4) is 0 Å². The van der Waals surface area contributed by atoms with E-state index >= 15 is 0 Å². The van der Waals surface area contributed by atoms with Gasteiger partial charge in [-0.2, -0.15) is 0 Å². The average molecular weight is 419 g/mol. The zero-order valence-electron chi connectivity index (χ0n) is 19.5. The Morgan fingerprint density at radius 2 is 1.97 bits per heavy atom. The molecule has 1 aliphatic heterocycles. The van der Waals surface area contributed by atoms with E-state index in [4.69, 9.17) is 9.47 Å². The van der Waals surface area contributed by atoms with Gasteiger partial charge in [-0.3, -0.25) is 4.99 Å². The molecular formula is C24H42N4O2. The maximum absolute atomic E-state index is 6.05. The summed E-state index contributed by atoms with van der Waals surface area (Å²) in [5, 5.41) is 6.96. The van der Waals surface area contributed by atoms with Crippen molar-refractivity contribution < 1.29 is 9.47 Å². The van der Waals surface area contributed by atoms with Gasteiger partial charge >= 0.3 is 0 Å². The molecule has 0 saturated carbocycles. The number of rotatable bonds is 12. The van der Waals surface area contributed by atoms with Crippen molar-refractivity contribution >= 4 is 5.96 Å². The van der Waals surface area contributed by atoms with E-state index in [0.29, 0.717) is 18.8 Å². The number of hydrogen-bond acceptors (Lipinski definition) is 4. The SMILES string of the molecule is CCN(CC)CCCC(C)NC(=NC)NCc1cccc(COC2CCOCC2)c1. The summed E-state index contributed by atoms with van der Waals surface area (Å²) >= 11 is 0. The minimum atomic E-state index is 0.326. The Bertz CT molecular complexity index is 613. The van der Waals surface area contributed by atoms with Crippen LogP contribution >= 0.6 is 0 Å². The van der Waals surface area contributed by atoms with Crippen molar-refractivity contribution in [3.63, 3.8) is 0 Å². The molecule has 1 aromatic rings. The van der Waals surface area contributed by atoms with Crippen molar-refractivity contribution in [2.24, 2.45) is 4.99 Å². The van der Waals surface area contributed by atoms with E-state index in [-0.39, 0.29) is 0 Å². The van der Waals surface area contributed by atoms with Gasteiger partial charge < -0.3 is 25.0 Å². The fraction of sp³-hybridized carbons (Fsp3) is 0.708.